The molecule has 0 aliphatic carbocycles. The van der Waals surface area contributed by atoms with Crippen LogP contribution in [0.3, 0.4) is 0 Å². The van der Waals surface area contributed by atoms with Crippen LogP contribution in [0.1, 0.15) is 60.1 Å². The summed E-state index contributed by atoms with van der Waals surface area (Å²) in [5, 5.41) is 0. The first kappa shape index (κ1) is 23.2. The summed E-state index contributed by atoms with van der Waals surface area (Å²) in [6.45, 7) is 14.3. The van der Waals surface area contributed by atoms with Crippen molar-refractivity contribution in [2.75, 3.05) is 20.3 Å². The van der Waals surface area contributed by atoms with Crippen LogP contribution in [-0.2, 0) is 17.6 Å². The van der Waals surface area contributed by atoms with Crippen molar-refractivity contribution in [3.05, 3.63) is 63.7 Å². The Morgan fingerprint density at radius 2 is 1.63 bits per heavy atom. The number of hydrogen-bond acceptors (Lipinski definition) is 2. The van der Waals surface area contributed by atoms with Gasteiger partial charge in [0.15, 0.2) is 0 Å². The molecule has 2 nitrogen and oxygen atoms in total. The maximum atomic E-state index is 5.64. The highest BCUT2D eigenvalue weighted by Crippen LogP contribution is 2.30. The van der Waals surface area contributed by atoms with Crippen molar-refractivity contribution < 1.29 is 9.47 Å². The minimum Gasteiger partial charge on any atom is -0.493 e. The SMILES string of the molecule is CC.COCCCc1ccc(C)c(C)c1.Cc1ccc2c(c1C)OCCC2. The van der Waals surface area contributed by atoms with Crippen molar-refractivity contribution in [1.29, 1.82) is 0 Å². The first-order chi connectivity index (χ1) is 13.0. The van der Waals surface area contributed by atoms with Crippen LogP contribution in [0.2, 0.25) is 0 Å². The van der Waals surface area contributed by atoms with E-state index in [1.54, 1.807) is 7.11 Å². The molecule has 0 bridgehead atoms. The van der Waals surface area contributed by atoms with Gasteiger partial charge in [0, 0.05) is 13.7 Å². The third-order valence-electron chi connectivity index (χ3n) is 4.98. The molecule has 2 aromatic carbocycles. The summed E-state index contributed by atoms with van der Waals surface area (Å²) >= 11 is 0. The fraction of sp³-hybridized carbons (Fsp3) is 0.520. The monoisotopic (exact) mass is 370 g/mol. The van der Waals surface area contributed by atoms with E-state index < -0.39 is 0 Å². The van der Waals surface area contributed by atoms with Gasteiger partial charge in [-0.05, 0) is 86.8 Å². The normalized spacial score (nSPS) is 12.0. The molecule has 1 aliphatic heterocycles. The third kappa shape index (κ3) is 7.38. The molecule has 27 heavy (non-hydrogen) atoms. The van der Waals surface area contributed by atoms with Crippen molar-refractivity contribution >= 4 is 0 Å². The Morgan fingerprint density at radius 1 is 0.926 bits per heavy atom. The van der Waals surface area contributed by atoms with Crippen LogP contribution in [0, 0.1) is 27.7 Å². The second kappa shape index (κ2) is 12.6. The molecule has 3 rings (SSSR count). The average molecular weight is 371 g/mol. The number of ether oxygens (including phenoxy) is 2. The van der Waals surface area contributed by atoms with Crippen molar-refractivity contribution in [2.45, 2.75) is 67.2 Å². The summed E-state index contributed by atoms with van der Waals surface area (Å²) in [5.41, 5.74) is 8.19. The molecule has 0 radical (unpaired) electrons. The van der Waals surface area contributed by atoms with Crippen LogP contribution in [0.15, 0.2) is 30.3 Å². The summed E-state index contributed by atoms with van der Waals surface area (Å²) in [5.74, 6) is 1.14. The summed E-state index contributed by atoms with van der Waals surface area (Å²) in [4.78, 5) is 0. The van der Waals surface area contributed by atoms with Crippen LogP contribution < -0.4 is 4.74 Å². The lowest BCUT2D eigenvalue weighted by molar-refractivity contribution is 0.195. The van der Waals surface area contributed by atoms with Gasteiger partial charge < -0.3 is 9.47 Å². The van der Waals surface area contributed by atoms with E-state index in [2.05, 4.69) is 58.0 Å². The number of methoxy groups -OCH3 is 1. The minimum absolute atomic E-state index is 0.854. The Kier molecular flexibility index (Phi) is 10.8. The van der Waals surface area contributed by atoms with Gasteiger partial charge in [0.05, 0.1) is 6.61 Å². The molecule has 0 unspecified atom stereocenters. The van der Waals surface area contributed by atoms with Gasteiger partial charge in [-0.2, -0.15) is 0 Å². The zero-order chi connectivity index (χ0) is 20.2. The molecule has 0 saturated heterocycles. The summed E-state index contributed by atoms with van der Waals surface area (Å²) in [7, 11) is 1.75. The molecular weight excluding hydrogens is 332 g/mol. The van der Waals surface area contributed by atoms with Crippen LogP contribution >= 0.6 is 0 Å². The lowest BCUT2D eigenvalue weighted by Crippen LogP contribution is -2.09. The molecule has 0 aromatic heterocycles. The molecule has 2 heteroatoms. The van der Waals surface area contributed by atoms with Gasteiger partial charge >= 0.3 is 0 Å². The Bertz CT molecular complexity index is 689. The summed E-state index contributed by atoms with van der Waals surface area (Å²) < 4.78 is 10.7. The third-order valence-corrected chi connectivity index (χ3v) is 4.98. The molecular formula is C25H38O2. The summed E-state index contributed by atoms with van der Waals surface area (Å²) in [6.07, 6.45) is 4.57. The summed E-state index contributed by atoms with van der Waals surface area (Å²) in [6, 6.07) is 11.0. The Morgan fingerprint density at radius 3 is 2.30 bits per heavy atom. The van der Waals surface area contributed by atoms with Gasteiger partial charge in [-0.3, -0.25) is 0 Å². The van der Waals surface area contributed by atoms with Crippen molar-refractivity contribution in [2.24, 2.45) is 0 Å². The van der Waals surface area contributed by atoms with E-state index in [1.807, 2.05) is 13.8 Å². The molecule has 2 aromatic rings. The highest BCUT2D eigenvalue weighted by molar-refractivity contribution is 5.46. The average Bonchev–Trinajstić information content (AvgIpc) is 2.70. The molecule has 150 valence electrons. The number of fused-ring (bicyclic) bond motifs is 1. The van der Waals surface area contributed by atoms with Gasteiger partial charge in [0.2, 0.25) is 0 Å². The fourth-order valence-corrected chi connectivity index (χ4v) is 3.06. The molecule has 0 atom stereocenters. The number of aryl methyl sites for hydroxylation is 5. The number of benzene rings is 2. The second-order valence-corrected chi connectivity index (χ2v) is 6.96. The second-order valence-electron chi connectivity index (χ2n) is 6.96. The predicted octanol–water partition coefficient (Wildman–Crippen LogP) is 6.54. The van der Waals surface area contributed by atoms with Gasteiger partial charge in [-0.15, -0.1) is 0 Å². The fourth-order valence-electron chi connectivity index (χ4n) is 3.06. The largest absolute Gasteiger partial charge is 0.493 e. The van der Waals surface area contributed by atoms with Gasteiger partial charge in [0.25, 0.3) is 0 Å². The molecule has 1 aliphatic rings. The number of hydrogen-bond donors (Lipinski definition) is 0. The van der Waals surface area contributed by atoms with Crippen LogP contribution in [0.5, 0.6) is 5.75 Å². The minimum atomic E-state index is 0.854. The molecule has 0 saturated carbocycles. The van der Waals surface area contributed by atoms with Gasteiger partial charge in [-0.25, -0.2) is 0 Å². The van der Waals surface area contributed by atoms with E-state index in [0.29, 0.717) is 0 Å². The lowest BCUT2D eigenvalue weighted by Gasteiger charge is -2.20. The van der Waals surface area contributed by atoms with E-state index in [9.17, 15) is 0 Å². The topological polar surface area (TPSA) is 18.5 Å². The maximum absolute atomic E-state index is 5.64. The van der Waals surface area contributed by atoms with E-state index in [-0.39, 0.29) is 0 Å². The van der Waals surface area contributed by atoms with E-state index >= 15 is 0 Å². The van der Waals surface area contributed by atoms with Crippen molar-refractivity contribution in [3.63, 3.8) is 0 Å². The van der Waals surface area contributed by atoms with E-state index in [0.717, 1.165) is 38.2 Å². The molecule has 0 fully saturated rings. The smallest absolute Gasteiger partial charge is 0.125 e. The molecule has 0 spiro atoms. The standard InChI is InChI=1S/C12H18O.C11H14O.C2H6/c1-10-6-7-12(9-11(10)2)5-4-8-13-3;1-8-5-6-10-4-3-7-12-11(10)9(8)2;1-2/h6-7,9H,4-5,8H2,1-3H3;5-6H,3-4,7H2,1-2H3;1-2H3. The first-order valence-corrected chi connectivity index (χ1v) is 10.3. The van der Waals surface area contributed by atoms with Gasteiger partial charge in [-0.1, -0.05) is 44.2 Å². The Hall–Kier alpha value is -1.80. The highest BCUT2D eigenvalue weighted by atomic mass is 16.5. The zero-order valence-electron chi connectivity index (χ0n) is 18.4. The van der Waals surface area contributed by atoms with Crippen molar-refractivity contribution in [3.8, 4) is 5.75 Å². The van der Waals surface area contributed by atoms with Crippen LogP contribution in [0.25, 0.3) is 0 Å². The van der Waals surface area contributed by atoms with E-state index in [1.165, 1.54) is 39.8 Å². The molecule has 1 heterocycles. The number of rotatable bonds is 4. The predicted molar refractivity (Wildman–Crippen MR) is 117 cm³/mol. The highest BCUT2D eigenvalue weighted by Gasteiger charge is 2.12. The Balaban J connectivity index is 0.000000248. The molecule has 0 amide bonds. The van der Waals surface area contributed by atoms with Crippen LogP contribution in [-0.4, -0.2) is 20.3 Å². The molecule has 0 N–H and O–H groups in total. The van der Waals surface area contributed by atoms with Gasteiger partial charge in [0.1, 0.15) is 5.75 Å². The quantitative estimate of drug-likeness (QED) is 0.569. The lowest BCUT2D eigenvalue weighted by atomic mass is 10.00. The maximum Gasteiger partial charge on any atom is 0.125 e. The Labute approximate surface area is 166 Å². The van der Waals surface area contributed by atoms with Crippen molar-refractivity contribution in [1.82, 2.24) is 0 Å². The first-order valence-electron chi connectivity index (χ1n) is 10.3. The zero-order valence-corrected chi connectivity index (χ0v) is 18.4. The van der Waals surface area contributed by atoms with E-state index in [4.69, 9.17) is 9.47 Å². The van der Waals surface area contributed by atoms with Crippen LogP contribution in [0.4, 0.5) is 0 Å².